The quantitative estimate of drug-likeness (QED) is 0.717. The van der Waals surface area contributed by atoms with Crippen molar-refractivity contribution in [3.63, 3.8) is 0 Å². The molecule has 2 N–H and O–H groups in total. The summed E-state index contributed by atoms with van der Waals surface area (Å²) in [7, 11) is 0. The number of anilines is 1. The number of carbonyl (C=O) groups is 1. The molecule has 2 heterocycles. The number of amides is 1. The highest BCUT2D eigenvalue weighted by Gasteiger charge is 2.16. The number of carbonyl (C=O) groups excluding carboxylic acids is 1. The molecule has 1 amide bonds. The second kappa shape index (κ2) is 7.97. The van der Waals surface area contributed by atoms with Crippen LogP contribution in [0.25, 0.3) is 0 Å². The second-order valence-electron chi connectivity index (χ2n) is 6.35. The molecule has 0 aliphatic rings. The number of nitrogens with one attached hydrogen (secondary N) is 1. The van der Waals surface area contributed by atoms with Crippen molar-refractivity contribution in [1.82, 2.24) is 9.55 Å². The number of hydrogen-bond acceptors (Lipinski definition) is 3. The highest BCUT2D eigenvalue weighted by molar-refractivity contribution is 6.05. The first-order valence-corrected chi connectivity index (χ1v) is 8.65. The van der Waals surface area contributed by atoms with Gasteiger partial charge in [0.1, 0.15) is 0 Å². The van der Waals surface area contributed by atoms with Gasteiger partial charge in [-0.25, -0.2) is 0 Å². The molecule has 2 aromatic heterocycles. The third-order valence-corrected chi connectivity index (χ3v) is 4.52. The number of aromatic nitrogens is 2. The zero-order valence-corrected chi connectivity index (χ0v) is 15.1. The van der Waals surface area contributed by atoms with E-state index in [9.17, 15) is 4.79 Å². The summed E-state index contributed by atoms with van der Waals surface area (Å²) in [6, 6.07) is 13.4. The molecule has 0 fully saturated rings. The number of aryl methyl sites for hydroxylation is 1. The van der Waals surface area contributed by atoms with E-state index in [0.29, 0.717) is 18.5 Å². The first-order valence-electron chi connectivity index (χ1n) is 8.65. The van der Waals surface area contributed by atoms with Crippen molar-refractivity contribution >= 4 is 11.6 Å². The number of nitrogens with zero attached hydrogens (tertiary/aromatic N) is 2. The molecule has 1 aromatic carbocycles. The molecular formula is C21H23N3O2. The Balaban J connectivity index is 1.76. The maximum Gasteiger partial charge on any atom is 0.257 e. The van der Waals surface area contributed by atoms with Crippen LogP contribution in [0.1, 0.15) is 32.9 Å². The van der Waals surface area contributed by atoms with Crippen molar-refractivity contribution in [2.75, 3.05) is 11.9 Å². The Morgan fingerprint density at radius 1 is 1.08 bits per heavy atom. The van der Waals surface area contributed by atoms with Crippen molar-refractivity contribution in [3.05, 3.63) is 82.9 Å². The first kappa shape index (κ1) is 17.9. The highest BCUT2D eigenvalue weighted by Crippen LogP contribution is 2.19. The molecule has 0 bridgehead atoms. The van der Waals surface area contributed by atoms with Gasteiger partial charge in [-0.2, -0.15) is 0 Å². The third-order valence-electron chi connectivity index (χ3n) is 4.52. The molecule has 0 aliphatic heterocycles. The van der Waals surface area contributed by atoms with E-state index >= 15 is 0 Å². The predicted octanol–water partition coefficient (Wildman–Crippen LogP) is 3.34. The Kier molecular flexibility index (Phi) is 5.49. The molecule has 3 rings (SSSR count). The number of rotatable bonds is 6. The number of benzene rings is 1. The molecule has 5 nitrogen and oxygen atoms in total. The fraction of sp³-hybridized carbons (Fsp3) is 0.238. The SMILES string of the molecule is Cc1cc(C(=O)Nc2ccc(CCO)cc2)c(C)n1Cc1ccncc1. The molecule has 0 saturated heterocycles. The van der Waals surface area contributed by atoms with E-state index in [0.717, 1.165) is 28.2 Å². The first-order chi connectivity index (χ1) is 12.6. The van der Waals surface area contributed by atoms with Gasteiger partial charge in [0.15, 0.2) is 0 Å². The van der Waals surface area contributed by atoms with E-state index in [1.807, 2.05) is 56.3 Å². The topological polar surface area (TPSA) is 67.2 Å². The average molecular weight is 349 g/mol. The number of aliphatic hydroxyl groups is 1. The highest BCUT2D eigenvalue weighted by atomic mass is 16.3. The zero-order chi connectivity index (χ0) is 18.5. The summed E-state index contributed by atoms with van der Waals surface area (Å²) in [5.74, 6) is -0.117. The summed E-state index contributed by atoms with van der Waals surface area (Å²) >= 11 is 0. The lowest BCUT2D eigenvalue weighted by Crippen LogP contribution is -2.13. The molecule has 0 radical (unpaired) electrons. The molecule has 0 spiro atoms. The maximum absolute atomic E-state index is 12.7. The fourth-order valence-electron chi connectivity index (χ4n) is 3.03. The van der Waals surface area contributed by atoms with E-state index < -0.39 is 0 Å². The van der Waals surface area contributed by atoms with Crippen LogP contribution >= 0.6 is 0 Å². The Labute approximate surface area is 153 Å². The lowest BCUT2D eigenvalue weighted by atomic mass is 10.1. The average Bonchev–Trinajstić information content (AvgIpc) is 2.93. The van der Waals surface area contributed by atoms with E-state index in [2.05, 4.69) is 14.9 Å². The van der Waals surface area contributed by atoms with Crippen LogP contribution in [0.15, 0.2) is 54.9 Å². The second-order valence-corrected chi connectivity index (χ2v) is 6.35. The molecule has 0 saturated carbocycles. The van der Waals surface area contributed by atoms with Crippen LogP contribution in [0.2, 0.25) is 0 Å². The van der Waals surface area contributed by atoms with Gasteiger partial charge in [0.25, 0.3) is 5.91 Å². The molecule has 134 valence electrons. The standard InChI is InChI=1S/C21H23N3O2/c1-15-13-20(16(2)24(15)14-18-7-10-22-11-8-18)21(26)23-19-5-3-17(4-6-19)9-12-25/h3-8,10-11,13,25H,9,12,14H2,1-2H3,(H,23,26). The molecule has 0 unspecified atom stereocenters. The van der Waals surface area contributed by atoms with Gasteiger partial charge in [-0.3, -0.25) is 9.78 Å². The monoisotopic (exact) mass is 349 g/mol. The fourth-order valence-corrected chi connectivity index (χ4v) is 3.03. The van der Waals surface area contributed by atoms with E-state index in [-0.39, 0.29) is 12.5 Å². The number of aliphatic hydroxyl groups excluding tert-OH is 1. The largest absolute Gasteiger partial charge is 0.396 e. The predicted molar refractivity (Wildman–Crippen MR) is 102 cm³/mol. The van der Waals surface area contributed by atoms with E-state index in [1.54, 1.807) is 12.4 Å². The van der Waals surface area contributed by atoms with Gasteiger partial charge in [0.05, 0.1) is 5.56 Å². The van der Waals surface area contributed by atoms with Crippen LogP contribution in [-0.2, 0) is 13.0 Å². The van der Waals surface area contributed by atoms with Crippen LogP contribution in [0, 0.1) is 13.8 Å². The van der Waals surface area contributed by atoms with Gasteiger partial charge in [-0.05, 0) is 61.7 Å². The van der Waals surface area contributed by atoms with E-state index in [1.165, 1.54) is 0 Å². The van der Waals surface area contributed by atoms with Crippen LogP contribution in [-0.4, -0.2) is 27.2 Å². The molecule has 0 atom stereocenters. The zero-order valence-electron chi connectivity index (χ0n) is 15.1. The van der Waals surface area contributed by atoms with Crippen LogP contribution in [0.4, 0.5) is 5.69 Å². The summed E-state index contributed by atoms with van der Waals surface area (Å²) in [5.41, 5.74) is 5.59. The van der Waals surface area contributed by atoms with Crippen LogP contribution in [0.5, 0.6) is 0 Å². The smallest absolute Gasteiger partial charge is 0.257 e. The van der Waals surface area contributed by atoms with Crippen molar-refractivity contribution in [2.45, 2.75) is 26.8 Å². The lowest BCUT2D eigenvalue weighted by molar-refractivity contribution is 0.102. The molecule has 0 aliphatic carbocycles. The molecule has 26 heavy (non-hydrogen) atoms. The van der Waals surface area contributed by atoms with Crippen molar-refractivity contribution in [3.8, 4) is 0 Å². The van der Waals surface area contributed by atoms with Crippen molar-refractivity contribution in [2.24, 2.45) is 0 Å². The Bertz CT molecular complexity index is 884. The lowest BCUT2D eigenvalue weighted by Gasteiger charge is -2.10. The summed E-state index contributed by atoms with van der Waals surface area (Å²) in [6.45, 7) is 4.81. The minimum absolute atomic E-state index is 0.117. The van der Waals surface area contributed by atoms with Gasteiger partial charge in [0.2, 0.25) is 0 Å². The van der Waals surface area contributed by atoms with Crippen LogP contribution in [0.3, 0.4) is 0 Å². The Hall–Kier alpha value is -2.92. The van der Waals surface area contributed by atoms with E-state index in [4.69, 9.17) is 5.11 Å². The van der Waals surface area contributed by atoms with Gasteiger partial charge in [-0.15, -0.1) is 0 Å². The maximum atomic E-state index is 12.7. The Morgan fingerprint density at radius 3 is 2.42 bits per heavy atom. The van der Waals surface area contributed by atoms with Gasteiger partial charge >= 0.3 is 0 Å². The Morgan fingerprint density at radius 2 is 1.77 bits per heavy atom. The minimum Gasteiger partial charge on any atom is -0.396 e. The third kappa shape index (κ3) is 4.00. The molecular weight excluding hydrogens is 326 g/mol. The minimum atomic E-state index is -0.117. The number of hydrogen-bond donors (Lipinski definition) is 2. The van der Waals surface area contributed by atoms with Crippen LogP contribution < -0.4 is 5.32 Å². The van der Waals surface area contributed by atoms with Crippen molar-refractivity contribution in [1.29, 1.82) is 0 Å². The van der Waals surface area contributed by atoms with Gasteiger partial charge in [-0.1, -0.05) is 12.1 Å². The summed E-state index contributed by atoms with van der Waals surface area (Å²) in [5, 5.41) is 11.9. The summed E-state index contributed by atoms with van der Waals surface area (Å²) < 4.78 is 2.13. The van der Waals surface area contributed by atoms with Gasteiger partial charge in [0, 0.05) is 42.6 Å². The molecule has 3 aromatic rings. The summed E-state index contributed by atoms with van der Waals surface area (Å²) in [6.07, 6.45) is 4.17. The number of pyridine rings is 1. The normalized spacial score (nSPS) is 10.7. The summed E-state index contributed by atoms with van der Waals surface area (Å²) in [4.78, 5) is 16.7. The molecule has 5 heteroatoms. The van der Waals surface area contributed by atoms with Crippen molar-refractivity contribution < 1.29 is 9.90 Å². The van der Waals surface area contributed by atoms with Gasteiger partial charge < -0.3 is 15.0 Å².